The highest BCUT2D eigenvalue weighted by Gasteiger charge is 2.03. The Morgan fingerprint density at radius 2 is 2.24 bits per heavy atom. The molecule has 0 spiro atoms. The zero-order valence-electron chi connectivity index (χ0n) is 10.5. The molecule has 0 aliphatic carbocycles. The van der Waals surface area contributed by atoms with Crippen LogP contribution in [0, 0.1) is 6.92 Å². The predicted molar refractivity (Wildman–Crippen MR) is 72.4 cm³/mol. The maximum absolute atomic E-state index is 11.5. The summed E-state index contributed by atoms with van der Waals surface area (Å²) < 4.78 is 0. The monoisotopic (exact) mass is 253 g/mol. The largest absolute Gasteiger partial charge is 0.356 e. The van der Waals surface area contributed by atoms with E-state index in [2.05, 4.69) is 30.4 Å². The molecule has 1 aromatic rings. The van der Waals surface area contributed by atoms with E-state index in [0.29, 0.717) is 13.0 Å². The highest BCUT2D eigenvalue weighted by atomic mass is 35.5. The van der Waals surface area contributed by atoms with Crippen LogP contribution in [0.25, 0.3) is 0 Å². The van der Waals surface area contributed by atoms with Crippen molar-refractivity contribution < 1.29 is 4.79 Å². The Hall–Kier alpha value is -1.02. The fourth-order valence-electron chi connectivity index (χ4n) is 1.62. The van der Waals surface area contributed by atoms with Crippen LogP contribution in [0.1, 0.15) is 30.9 Å². The molecule has 1 amide bonds. The van der Waals surface area contributed by atoms with E-state index in [4.69, 9.17) is 11.6 Å². The summed E-state index contributed by atoms with van der Waals surface area (Å²) >= 11 is 5.80. The van der Waals surface area contributed by atoms with Gasteiger partial charge in [0.25, 0.3) is 0 Å². The quantitative estimate of drug-likeness (QED) is 0.776. The van der Waals surface area contributed by atoms with Gasteiger partial charge in [0.1, 0.15) is 0 Å². The van der Waals surface area contributed by atoms with Gasteiger partial charge < -0.3 is 5.32 Å². The molecule has 0 fully saturated rings. The van der Waals surface area contributed by atoms with Gasteiger partial charge in [0.15, 0.2) is 0 Å². The Kier molecular flexibility index (Phi) is 6.06. The number of hydrogen-bond donors (Lipinski definition) is 1. The first-order valence-electron chi connectivity index (χ1n) is 6.04. The maximum Gasteiger partial charge on any atom is 0.220 e. The van der Waals surface area contributed by atoms with Crippen molar-refractivity contribution in [3.63, 3.8) is 0 Å². The van der Waals surface area contributed by atoms with Crippen LogP contribution < -0.4 is 5.32 Å². The number of aryl methyl sites for hydroxylation is 2. The number of carbonyl (C=O) groups excluding carboxylic acids is 1. The van der Waals surface area contributed by atoms with Gasteiger partial charge in [-0.3, -0.25) is 4.79 Å². The van der Waals surface area contributed by atoms with E-state index in [1.165, 1.54) is 11.1 Å². The lowest BCUT2D eigenvalue weighted by Crippen LogP contribution is -2.25. The molecule has 1 atom stereocenters. The van der Waals surface area contributed by atoms with E-state index >= 15 is 0 Å². The molecule has 0 bridgehead atoms. The number of hydrogen-bond acceptors (Lipinski definition) is 1. The van der Waals surface area contributed by atoms with Crippen LogP contribution in [0.15, 0.2) is 24.3 Å². The maximum atomic E-state index is 11.5. The summed E-state index contributed by atoms with van der Waals surface area (Å²) in [5, 5.41) is 2.99. The first-order valence-corrected chi connectivity index (χ1v) is 6.48. The highest BCUT2D eigenvalue weighted by molar-refractivity contribution is 6.20. The fourth-order valence-corrected chi connectivity index (χ4v) is 1.73. The Morgan fingerprint density at radius 1 is 1.47 bits per heavy atom. The zero-order chi connectivity index (χ0) is 12.7. The molecule has 0 aliphatic heterocycles. The number of alkyl halides is 1. The predicted octanol–water partition coefficient (Wildman–Crippen LogP) is 3.06. The minimum Gasteiger partial charge on any atom is -0.356 e. The van der Waals surface area contributed by atoms with Crippen LogP contribution in [0.5, 0.6) is 0 Å². The SMILES string of the molecule is Cc1cccc(CCC(=O)NCCC(C)Cl)c1. The van der Waals surface area contributed by atoms with Crippen molar-refractivity contribution in [1.82, 2.24) is 5.32 Å². The van der Waals surface area contributed by atoms with Gasteiger partial charge >= 0.3 is 0 Å². The van der Waals surface area contributed by atoms with Gasteiger partial charge in [-0.05, 0) is 32.3 Å². The van der Waals surface area contributed by atoms with Crippen LogP contribution in [-0.4, -0.2) is 17.8 Å². The molecule has 0 saturated heterocycles. The van der Waals surface area contributed by atoms with Crippen LogP contribution in [-0.2, 0) is 11.2 Å². The molecule has 0 heterocycles. The minimum atomic E-state index is 0.101. The third-order valence-corrected chi connectivity index (χ3v) is 2.81. The van der Waals surface area contributed by atoms with E-state index in [1.54, 1.807) is 0 Å². The van der Waals surface area contributed by atoms with E-state index < -0.39 is 0 Å². The van der Waals surface area contributed by atoms with Gasteiger partial charge in [0.2, 0.25) is 5.91 Å². The standard InChI is InChI=1S/C14H20ClNO/c1-11-4-3-5-13(10-11)6-7-14(17)16-9-8-12(2)15/h3-5,10,12H,6-9H2,1-2H3,(H,16,17). The first kappa shape index (κ1) is 14.0. The summed E-state index contributed by atoms with van der Waals surface area (Å²) in [6.45, 7) is 4.66. The van der Waals surface area contributed by atoms with Gasteiger partial charge in [0, 0.05) is 18.3 Å². The van der Waals surface area contributed by atoms with Crippen LogP contribution in [0.4, 0.5) is 0 Å². The average molecular weight is 254 g/mol. The third kappa shape index (κ3) is 6.32. The molecule has 1 aromatic carbocycles. The molecule has 1 N–H and O–H groups in total. The first-order chi connectivity index (χ1) is 8.08. The van der Waals surface area contributed by atoms with Crippen molar-refractivity contribution >= 4 is 17.5 Å². The number of halogens is 1. The average Bonchev–Trinajstić information content (AvgIpc) is 2.26. The van der Waals surface area contributed by atoms with Crippen molar-refractivity contribution in [3.05, 3.63) is 35.4 Å². The second-order valence-corrected chi connectivity index (χ2v) is 5.15. The van der Waals surface area contributed by atoms with E-state index in [-0.39, 0.29) is 11.3 Å². The van der Waals surface area contributed by atoms with E-state index in [0.717, 1.165) is 12.8 Å². The summed E-state index contributed by atoms with van der Waals surface area (Å²) in [6.07, 6.45) is 2.15. The molecule has 17 heavy (non-hydrogen) atoms. The lowest BCUT2D eigenvalue weighted by atomic mass is 10.1. The molecule has 0 radical (unpaired) electrons. The Bertz CT molecular complexity index is 363. The number of nitrogens with one attached hydrogen (secondary N) is 1. The lowest BCUT2D eigenvalue weighted by Gasteiger charge is -2.06. The molecular formula is C14H20ClNO. The van der Waals surface area contributed by atoms with Crippen molar-refractivity contribution in [1.29, 1.82) is 0 Å². The summed E-state index contributed by atoms with van der Waals surface area (Å²) in [6, 6.07) is 8.26. The summed E-state index contributed by atoms with van der Waals surface area (Å²) in [5.74, 6) is 0.101. The van der Waals surface area contributed by atoms with Crippen molar-refractivity contribution in [2.24, 2.45) is 0 Å². The Balaban J connectivity index is 2.24. The molecule has 0 aliphatic rings. The van der Waals surface area contributed by atoms with Crippen molar-refractivity contribution in [2.45, 2.75) is 38.5 Å². The molecule has 0 aromatic heterocycles. The minimum absolute atomic E-state index is 0.101. The zero-order valence-corrected chi connectivity index (χ0v) is 11.3. The second-order valence-electron chi connectivity index (χ2n) is 4.41. The smallest absolute Gasteiger partial charge is 0.220 e. The number of carbonyl (C=O) groups is 1. The van der Waals surface area contributed by atoms with Gasteiger partial charge in [-0.2, -0.15) is 0 Å². The fraction of sp³-hybridized carbons (Fsp3) is 0.500. The topological polar surface area (TPSA) is 29.1 Å². The highest BCUT2D eigenvalue weighted by Crippen LogP contribution is 2.06. The molecule has 1 unspecified atom stereocenters. The molecular weight excluding hydrogens is 234 g/mol. The normalized spacial score (nSPS) is 12.2. The second kappa shape index (κ2) is 7.33. The van der Waals surface area contributed by atoms with E-state index in [1.807, 2.05) is 13.0 Å². The third-order valence-electron chi connectivity index (χ3n) is 2.59. The van der Waals surface area contributed by atoms with Gasteiger partial charge in [-0.15, -0.1) is 11.6 Å². The van der Waals surface area contributed by atoms with Crippen LogP contribution >= 0.6 is 11.6 Å². The van der Waals surface area contributed by atoms with Crippen LogP contribution in [0.2, 0.25) is 0 Å². The summed E-state index contributed by atoms with van der Waals surface area (Å²) in [4.78, 5) is 11.5. The van der Waals surface area contributed by atoms with E-state index in [9.17, 15) is 4.79 Å². The summed E-state index contributed by atoms with van der Waals surface area (Å²) in [7, 11) is 0. The van der Waals surface area contributed by atoms with Gasteiger partial charge in [-0.1, -0.05) is 29.8 Å². The molecule has 0 saturated carbocycles. The van der Waals surface area contributed by atoms with Gasteiger partial charge in [0.05, 0.1) is 0 Å². The van der Waals surface area contributed by atoms with Crippen molar-refractivity contribution in [2.75, 3.05) is 6.54 Å². The molecule has 3 heteroatoms. The van der Waals surface area contributed by atoms with Crippen LogP contribution in [0.3, 0.4) is 0 Å². The Labute approximate surface area is 108 Å². The van der Waals surface area contributed by atoms with Crippen molar-refractivity contribution in [3.8, 4) is 0 Å². The lowest BCUT2D eigenvalue weighted by molar-refractivity contribution is -0.121. The number of rotatable bonds is 6. The Morgan fingerprint density at radius 3 is 2.88 bits per heavy atom. The number of amides is 1. The molecule has 1 rings (SSSR count). The molecule has 2 nitrogen and oxygen atoms in total. The summed E-state index contributed by atoms with van der Waals surface area (Å²) in [5.41, 5.74) is 2.45. The molecule has 94 valence electrons. The van der Waals surface area contributed by atoms with Gasteiger partial charge in [-0.25, -0.2) is 0 Å². The number of benzene rings is 1.